The SMILES string of the molecule is Nc1ccc2cn[nH]c2c1[N+](=O)[O-]. The molecule has 0 unspecified atom stereocenters. The second kappa shape index (κ2) is 2.44. The van der Waals surface area contributed by atoms with E-state index in [0.29, 0.717) is 10.9 Å². The second-order valence-corrected chi connectivity index (χ2v) is 2.59. The average Bonchev–Trinajstić information content (AvgIpc) is 2.50. The number of nitrogens with one attached hydrogen (secondary N) is 1. The molecule has 66 valence electrons. The van der Waals surface area contributed by atoms with E-state index in [1.54, 1.807) is 6.07 Å². The van der Waals surface area contributed by atoms with Gasteiger partial charge in [-0.1, -0.05) is 0 Å². The topological polar surface area (TPSA) is 97.8 Å². The lowest BCUT2D eigenvalue weighted by molar-refractivity contribution is -0.382. The van der Waals surface area contributed by atoms with Crippen molar-refractivity contribution in [1.29, 1.82) is 0 Å². The molecule has 0 aliphatic heterocycles. The summed E-state index contributed by atoms with van der Waals surface area (Å²) in [5.41, 5.74) is 5.85. The number of aromatic nitrogens is 2. The lowest BCUT2D eigenvalue weighted by Crippen LogP contribution is -1.96. The third kappa shape index (κ3) is 0.994. The first-order valence-corrected chi connectivity index (χ1v) is 3.56. The number of nitrogens with two attached hydrogens (primary N) is 1. The molecule has 2 aromatic rings. The lowest BCUT2D eigenvalue weighted by atomic mass is 10.2. The molecular weight excluding hydrogens is 172 g/mol. The van der Waals surface area contributed by atoms with Crippen LogP contribution in [0.3, 0.4) is 0 Å². The van der Waals surface area contributed by atoms with Gasteiger partial charge in [-0.05, 0) is 12.1 Å². The van der Waals surface area contributed by atoms with E-state index in [1.165, 1.54) is 12.3 Å². The van der Waals surface area contributed by atoms with Gasteiger partial charge in [0.05, 0.1) is 11.1 Å². The van der Waals surface area contributed by atoms with Gasteiger partial charge in [0.15, 0.2) is 0 Å². The minimum atomic E-state index is -0.518. The highest BCUT2D eigenvalue weighted by Gasteiger charge is 2.17. The van der Waals surface area contributed by atoms with Crippen molar-refractivity contribution in [3.63, 3.8) is 0 Å². The molecule has 0 spiro atoms. The first-order chi connectivity index (χ1) is 6.20. The molecule has 0 aliphatic carbocycles. The normalized spacial score (nSPS) is 10.5. The third-order valence-corrected chi connectivity index (χ3v) is 1.80. The van der Waals surface area contributed by atoms with Crippen LogP contribution >= 0.6 is 0 Å². The first-order valence-electron chi connectivity index (χ1n) is 3.56. The van der Waals surface area contributed by atoms with Crippen LogP contribution in [0.15, 0.2) is 18.3 Å². The smallest absolute Gasteiger partial charge is 0.317 e. The van der Waals surface area contributed by atoms with Crippen LogP contribution in [0.4, 0.5) is 11.4 Å². The number of hydrogen-bond acceptors (Lipinski definition) is 4. The Morgan fingerprint density at radius 2 is 2.31 bits per heavy atom. The minimum absolute atomic E-state index is 0.116. The largest absolute Gasteiger partial charge is 0.393 e. The maximum absolute atomic E-state index is 10.6. The number of nitrogens with zero attached hydrogens (tertiary/aromatic N) is 2. The third-order valence-electron chi connectivity index (χ3n) is 1.80. The second-order valence-electron chi connectivity index (χ2n) is 2.59. The molecular formula is C7H6N4O2. The molecule has 2 rings (SSSR count). The summed E-state index contributed by atoms with van der Waals surface area (Å²) >= 11 is 0. The predicted molar refractivity (Wildman–Crippen MR) is 47.2 cm³/mol. The number of anilines is 1. The van der Waals surface area contributed by atoms with E-state index in [-0.39, 0.29) is 11.4 Å². The zero-order valence-electron chi connectivity index (χ0n) is 6.52. The van der Waals surface area contributed by atoms with Gasteiger partial charge in [-0.3, -0.25) is 15.2 Å². The Labute approximate surface area is 72.5 Å². The summed E-state index contributed by atoms with van der Waals surface area (Å²) in [5, 5.41) is 17.5. The Kier molecular flexibility index (Phi) is 1.42. The number of benzene rings is 1. The highest BCUT2D eigenvalue weighted by molar-refractivity contribution is 5.92. The van der Waals surface area contributed by atoms with Crippen LogP contribution in [0.1, 0.15) is 0 Å². The average molecular weight is 178 g/mol. The Balaban J connectivity index is 2.88. The standard InChI is InChI=1S/C7H6N4O2/c8-5-2-1-4-3-9-10-6(4)7(5)11(12)13/h1-3H,8H2,(H,9,10). The number of rotatable bonds is 1. The van der Waals surface area contributed by atoms with Gasteiger partial charge in [0.2, 0.25) is 0 Å². The molecule has 3 N–H and O–H groups in total. The lowest BCUT2D eigenvalue weighted by Gasteiger charge is -1.96. The fourth-order valence-electron chi connectivity index (χ4n) is 1.21. The number of nitro benzene ring substituents is 1. The van der Waals surface area contributed by atoms with Gasteiger partial charge in [0.1, 0.15) is 11.2 Å². The highest BCUT2D eigenvalue weighted by Crippen LogP contribution is 2.29. The van der Waals surface area contributed by atoms with Crippen LogP contribution in [-0.2, 0) is 0 Å². The highest BCUT2D eigenvalue weighted by atomic mass is 16.6. The van der Waals surface area contributed by atoms with Crippen LogP contribution in [-0.4, -0.2) is 15.1 Å². The molecule has 6 nitrogen and oxygen atoms in total. The van der Waals surface area contributed by atoms with E-state index < -0.39 is 4.92 Å². The maximum Gasteiger partial charge on any atom is 0.317 e. The van der Waals surface area contributed by atoms with Crippen LogP contribution in [0.2, 0.25) is 0 Å². The number of nitro groups is 1. The molecule has 0 atom stereocenters. The molecule has 0 saturated carbocycles. The summed E-state index contributed by atoms with van der Waals surface area (Å²) in [6.45, 7) is 0. The molecule has 1 heterocycles. The molecule has 0 fully saturated rings. The van der Waals surface area contributed by atoms with Crippen molar-refractivity contribution in [3.05, 3.63) is 28.4 Å². The fraction of sp³-hybridized carbons (Fsp3) is 0. The summed E-state index contributed by atoms with van der Waals surface area (Å²) < 4.78 is 0. The summed E-state index contributed by atoms with van der Waals surface area (Å²) in [6.07, 6.45) is 1.52. The maximum atomic E-state index is 10.6. The molecule has 0 bridgehead atoms. The molecule has 0 radical (unpaired) electrons. The minimum Gasteiger partial charge on any atom is -0.393 e. The summed E-state index contributed by atoms with van der Waals surface area (Å²) in [6, 6.07) is 3.18. The van der Waals surface area contributed by atoms with Crippen LogP contribution in [0.5, 0.6) is 0 Å². The van der Waals surface area contributed by atoms with Crippen molar-refractivity contribution < 1.29 is 4.92 Å². The van der Waals surface area contributed by atoms with E-state index >= 15 is 0 Å². The molecule has 0 aliphatic rings. The van der Waals surface area contributed by atoms with Crippen molar-refractivity contribution in [2.75, 3.05) is 5.73 Å². The van der Waals surface area contributed by atoms with Gasteiger partial charge in [0.25, 0.3) is 0 Å². The van der Waals surface area contributed by atoms with E-state index in [1.807, 2.05) is 0 Å². The Hall–Kier alpha value is -2.11. The Morgan fingerprint density at radius 3 is 3.00 bits per heavy atom. The molecule has 6 heteroatoms. The van der Waals surface area contributed by atoms with Crippen LogP contribution < -0.4 is 5.73 Å². The summed E-state index contributed by atoms with van der Waals surface area (Å²) in [7, 11) is 0. The molecule has 1 aromatic carbocycles. The monoisotopic (exact) mass is 178 g/mol. The van der Waals surface area contributed by atoms with Crippen molar-refractivity contribution in [2.45, 2.75) is 0 Å². The van der Waals surface area contributed by atoms with Crippen LogP contribution in [0, 0.1) is 10.1 Å². The fourth-order valence-corrected chi connectivity index (χ4v) is 1.21. The van der Waals surface area contributed by atoms with Gasteiger partial charge >= 0.3 is 5.69 Å². The van der Waals surface area contributed by atoms with Crippen molar-refractivity contribution in [2.24, 2.45) is 0 Å². The number of hydrogen-bond donors (Lipinski definition) is 2. The van der Waals surface area contributed by atoms with Gasteiger partial charge in [-0.15, -0.1) is 0 Å². The van der Waals surface area contributed by atoms with E-state index in [9.17, 15) is 10.1 Å². The Bertz CT molecular complexity index is 476. The first kappa shape index (κ1) is 7.53. The Morgan fingerprint density at radius 1 is 1.54 bits per heavy atom. The van der Waals surface area contributed by atoms with Gasteiger partial charge in [0, 0.05) is 5.39 Å². The number of H-pyrrole nitrogens is 1. The number of nitrogen functional groups attached to an aromatic ring is 1. The van der Waals surface area contributed by atoms with E-state index in [4.69, 9.17) is 5.73 Å². The zero-order valence-corrected chi connectivity index (χ0v) is 6.52. The van der Waals surface area contributed by atoms with Gasteiger partial charge < -0.3 is 5.73 Å². The quantitative estimate of drug-likeness (QED) is 0.387. The molecule has 0 saturated heterocycles. The van der Waals surface area contributed by atoms with E-state index in [0.717, 1.165) is 0 Å². The van der Waals surface area contributed by atoms with Gasteiger partial charge in [-0.25, -0.2) is 0 Å². The zero-order chi connectivity index (χ0) is 9.42. The predicted octanol–water partition coefficient (Wildman–Crippen LogP) is 1.05. The van der Waals surface area contributed by atoms with Crippen LogP contribution in [0.25, 0.3) is 10.9 Å². The van der Waals surface area contributed by atoms with Crippen molar-refractivity contribution >= 4 is 22.3 Å². The van der Waals surface area contributed by atoms with E-state index in [2.05, 4.69) is 10.2 Å². The van der Waals surface area contributed by atoms with Gasteiger partial charge in [-0.2, -0.15) is 5.10 Å². The van der Waals surface area contributed by atoms with Crippen molar-refractivity contribution in [3.8, 4) is 0 Å². The molecule has 13 heavy (non-hydrogen) atoms. The number of fused-ring (bicyclic) bond motifs is 1. The van der Waals surface area contributed by atoms with Crippen molar-refractivity contribution in [1.82, 2.24) is 10.2 Å². The summed E-state index contributed by atoms with van der Waals surface area (Å²) in [5.74, 6) is 0. The number of aromatic amines is 1. The molecule has 0 amide bonds. The summed E-state index contributed by atoms with van der Waals surface area (Å²) in [4.78, 5) is 10.1. The molecule has 1 aromatic heterocycles.